The van der Waals surface area contributed by atoms with E-state index >= 15 is 0 Å². The number of nitrogens with zero attached hydrogens (tertiary/aromatic N) is 1. The van der Waals surface area contributed by atoms with Gasteiger partial charge in [-0.15, -0.1) is 11.3 Å². The Morgan fingerprint density at radius 3 is 2.41 bits per heavy atom. The number of fused-ring (bicyclic) bond motifs is 3. The molecule has 0 fully saturated rings. The minimum atomic E-state index is -0.347. The number of benzene rings is 2. The average Bonchev–Trinajstić information content (AvgIpc) is 3.31. The zero-order chi connectivity index (χ0) is 22.0. The van der Waals surface area contributed by atoms with Crippen LogP contribution in [0, 0.1) is 0 Å². The predicted molar refractivity (Wildman–Crippen MR) is 138 cm³/mol. The maximum Gasteiger partial charge on any atom is 0.129 e. The van der Waals surface area contributed by atoms with Crippen molar-refractivity contribution in [3.63, 3.8) is 0 Å². The van der Waals surface area contributed by atoms with Crippen LogP contribution in [-0.4, -0.2) is 17.9 Å². The van der Waals surface area contributed by atoms with E-state index in [0.717, 1.165) is 28.2 Å². The molecule has 2 aromatic carbocycles. The van der Waals surface area contributed by atoms with Gasteiger partial charge in [-0.3, -0.25) is 0 Å². The smallest absolute Gasteiger partial charge is 0.129 e. The molecule has 1 aromatic heterocycles. The van der Waals surface area contributed by atoms with Crippen LogP contribution in [0.3, 0.4) is 0 Å². The molecule has 0 radical (unpaired) electrons. The second kappa shape index (κ2) is 9.74. The predicted octanol–water partition coefficient (Wildman–Crippen LogP) is 8.15. The lowest BCUT2D eigenvalue weighted by atomic mass is 10.1. The van der Waals surface area contributed by atoms with Crippen LogP contribution >= 0.6 is 11.3 Å². The lowest BCUT2D eigenvalue weighted by molar-refractivity contribution is 0.00121. The second-order valence-electron chi connectivity index (χ2n) is 9.00. The molecule has 1 aliphatic rings. The van der Waals surface area contributed by atoms with Crippen molar-refractivity contribution in [2.24, 2.45) is 5.16 Å². The van der Waals surface area contributed by atoms with Gasteiger partial charge < -0.3 is 9.57 Å². The summed E-state index contributed by atoms with van der Waals surface area (Å²) in [5.74, 6) is 1.36. The van der Waals surface area contributed by atoms with Crippen LogP contribution in [0.15, 0.2) is 65.1 Å². The fourth-order valence-corrected chi connectivity index (χ4v) is 4.56. The van der Waals surface area contributed by atoms with E-state index in [9.17, 15) is 0 Å². The minimum absolute atomic E-state index is 0. The molecule has 0 unspecified atom stereocenters. The number of ether oxygens (including phenoxy) is 1. The van der Waals surface area contributed by atoms with E-state index in [1.54, 1.807) is 0 Å². The zero-order valence-electron chi connectivity index (χ0n) is 18.8. The molecule has 0 saturated carbocycles. The van der Waals surface area contributed by atoms with Gasteiger partial charge >= 0.3 is 0 Å². The van der Waals surface area contributed by atoms with Gasteiger partial charge in [0.05, 0.1) is 0 Å². The highest BCUT2D eigenvalue weighted by atomic mass is 32.1. The van der Waals surface area contributed by atoms with Crippen molar-refractivity contribution in [1.82, 2.24) is 0 Å². The standard InChI is InChI=1S/C27H29NO2S.CH4/c1-18(2)26-19(14-16-31-26)9-8-15-29-20-12-13-22-21-10-6-7-11-23(21)25(24(22)17-20)28-30-27(3,4)5;/h6-14,16-18H,15H2,1-5H3;1H4/b9-8+,28-25+;. The van der Waals surface area contributed by atoms with Gasteiger partial charge in [-0.1, -0.05) is 56.8 Å². The molecule has 4 rings (SSSR count). The summed E-state index contributed by atoms with van der Waals surface area (Å²) in [5.41, 5.74) is 6.28. The van der Waals surface area contributed by atoms with Crippen LogP contribution < -0.4 is 4.74 Å². The highest BCUT2D eigenvalue weighted by Gasteiger charge is 2.26. The monoisotopic (exact) mass is 447 g/mol. The number of hydrogen-bond acceptors (Lipinski definition) is 4. The zero-order valence-corrected chi connectivity index (χ0v) is 19.6. The number of oxime groups is 1. The summed E-state index contributed by atoms with van der Waals surface area (Å²) in [6, 6.07) is 16.7. The quantitative estimate of drug-likeness (QED) is 0.279. The van der Waals surface area contributed by atoms with Crippen molar-refractivity contribution < 1.29 is 9.57 Å². The van der Waals surface area contributed by atoms with E-state index in [2.05, 4.69) is 72.9 Å². The molecule has 32 heavy (non-hydrogen) atoms. The molecule has 4 heteroatoms. The van der Waals surface area contributed by atoms with E-state index in [1.165, 1.54) is 16.0 Å². The molecule has 1 heterocycles. The summed E-state index contributed by atoms with van der Waals surface area (Å²) >= 11 is 1.81. The molecule has 0 amide bonds. The Morgan fingerprint density at radius 1 is 0.969 bits per heavy atom. The molecule has 1 aliphatic carbocycles. The fourth-order valence-electron chi connectivity index (χ4n) is 3.65. The summed E-state index contributed by atoms with van der Waals surface area (Å²) in [6.45, 7) is 11.0. The summed E-state index contributed by atoms with van der Waals surface area (Å²) < 4.78 is 6.04. The van der Waals surface area contributed by atoms with Crippen LogP contribution in [-0.2, 0) is 4.84 Å². The van der Waals surface area contributed by atoms with Gasteiger partial charge in [0, 0.05) is 16.0 Å². The van der Waals surface area contributed by atoms with Crippen LogP contribution in [0.2, 0.25) is 0 Å². The third-order valence-electron chi connectivity index (χ3n) is 5.02. The largest absolute Gasteiger partial charge is 0.490 e. The maximum absolute atomic E-state index is 6.04. The van der Waals surface area contributed by atoms with Gasteiger partial charge in [-0.25, -0.2) is 0 Å². The van der Waals surface area contributed by atoms with Gasteiger partial charge in [0.25, 0.3) is 0 Å². The van der Waals surface area contributed by atoms with Crippen LogP contribution in [0.5, 0.6) is 5.75 Å². The number of hydrogen-bond donors (Lipinski definition) is 0. The molecule has 0 bridgehead atoms. The summed E-state index contributed by atoms with van der Waals surface area (Å²) in [7, 11) is 0. The number of rotatable bonds is 6. The van der Waals surface area contributed by atoms with Gasteiger partial charge in [0.15, 0.2) is 0 Å². The summed E-state index contributed by atoms with van der Waals surface area (Å²) in [5, 5.41) is 6.67. The molecule has 3 nitrogen and oxygen atoms in total. The van der Waals surface area contributed by atoms with Crippen molar-refractivity contribution in [3.8, 4) is 16.9 Å². The molecular formula is C28H33NO2S. The minimum Gasteiger partial charge on any atom is -0.490 e. The average molecular weight is 448 g/mol. The molecule has 0 atom stereocenters. The lowest BCUT2D eigenvalue weighted by Crippen LogP contribution is -2.17. The molecule has 0 spiro atoms. The molecule has 168 valence electrons. The van der Waals surface area contributed by atoms with Gasteiger partial charge in [-0.05, 0) is 79.1 Å². The van der Waals surface area contributed by atoms with Crippen LogP contribution in [0.25, 0.3) is 17.2 Å². The first-order chi connectivity index (χ1) is 14.8. The molecule has 0 saturated heterocycles. The Balaban J connectivity index is 0.00000289. The molecule has 0 aliphatic heterocycles. The molecule has 0 N–H and O–H groups in total. The Morgan fingerprint density at radius 2 is 1.69 bits per heavy atom. The first kappa shape index (κ1) is 23.8. The molecular weight excluding hydrogens is 414 g/mol. The number of thiophene rings is 1. The van der Waals surface area contributed by atoms with E-state index < -0.39 is 0 Å². The van der Waals surface area contributed by atoms with E-state index in [1.807, 2.05) is 44.2 Å². The first-order valence-corrected chi connectivity index (χ1v) is 11.6. The molecule has 3 aromatic rings. The SMILES string of the molecule is C.CC(C)c1sccc1/C=C/COc1ccc2c(c1)/C(=N/OC(C)(C)C)c1ccccc1-2. The van der Waals surface area contributed by atoms with Gasteiger partial charge in [-0.2, -0.15) is 0 Å². The topological polar surface area (TPSA) is 30.8 Å². The fraction of sp³-hybridized carbons (Fsp3) is 0.321. The Labute approximate surface area is 196 Å². The van der Waals surface area contributed by atoms with Crippen molar-refractivity contribution in [2.75, 3.05) is 6.61 Å². The summed E-state index contributed by atoms with van der Waals surface area (Å²) in [4.78, 5) is 7.18. The van der Waals surface area contributed by atoms with Crippen molar-refractivity contribution in [1.29, 1.82) is 0 Å². The Hall–Kier alpha value is -2.85. The van der Waals surface area contributed by atoms with Crippen LogP contribution in [0.4, 0.5) is 0 Å². The van der Waals surface area contributed by atoms with E-state index in [4.69, 9.17) is 9.57 Å². The van der Waals surface area contributed by atoms with Crippen molar-refractivity contribution >= 4 is 23.1 Å². The van der Waals surface area contributed by atoms with Crippen LogP contribution in [0.1, 0.15) is 69.5 Å². The second-order valence-corrected chi connectivity index (χ2v) is 9.95. The Kier molecular flexibility index (Phi) is 7.25. The lowest BCUT2D eigenvalue weighted by Gasteiger charge is -2.16. The van der Waals surface area contributed by atoms with Gasteiger partial charge in [0.2, 0.25) is 0 Å². The third-order valence-corrected chi connectivity index (χ3v) is 6.26. The highest BCUT2D eigenvalue weighted by Crippen LogP contribution is 2.39. The third kappa shape index (κ3) is 5.13. The van der Waals surface area contributed by atoms with Gasteiger partial charge in [0.1, 0.15) is 23.7 Å². The first-order valence-electron chi connectivity index (χ1n) is 10.7. The van der Waals surface area contributed by atoms with E-state index in [-0.39, 0.29) is 13.0 Å². The maximum atomic E-state index is 6.04. The van der Waals surface area contributed by atoms with Crippen molar-refractivity contribution in [3.05, 3.63) is 81.6 Å². The summed E-state index contributed by atoms with van der Waals surface area (Å²) in [6.07, 6.45) is 4.23. The van der Waals surface area contributed by atoms with E-state index in [0.29, 0.717) is 12.5 Å². The Bertz CT molecular complexity index is 1130. The van der Waals surface area contributed by atoms with Crippen molar-refractivity contribution in [2.45, 2.75) is 53.6 Å². The normalized spacial score (nSPS) is 13.9. The highest BCUT2D eigenvalue weighted by molar-refractivity contribution is 7.10.